The largest absolute Gasteiger partial charge is 0.310 e. The van der Waals surface area contributed by atoms with Crippen molar-refractivity contribution in [2.24, 2.45) is 0 Å². The van der Waals surface area contributed by atoms with Gasteiger partial charge in [-0.3, -0.25) is 9.59 Å². The first-order valence-corrected chi connectivity index (χ1v) is 7.55. The molecule has 22 heavy (non-hydrogen) atoms. The summed E-state index contributed by atoms with van der Waals surface area (Å²) in [6.45, 7) is 3.23. The average Bonchev–Trinajstić information content (AvgIpc) is 2.79. The fraction of sp³-hybridized carbons (Fsp3) is 0.188. The van der Waals surface area contributed by atoms with E-state index in [9.17, 15) is 14.0 Å². The smallest absolute Gasteiger partial charge is 0.259 e. The third-order valence-corrected chi connectivity index (χ3v) is 4.74. The topological polar surface area (TPSA) is 62.8 Å². The van der Waals surface area contributed by atoms with Crippen LogP contribution >= 0.6 is 11.3 Å². The molecule has 0 spiro atoms. The molecule has 1 N–H and O–H groups in total. The van der Waals surface area contributed by atoms with Crippen LogP contribution in [0.1, 0.15) is 33.5 Å². The Morgan fingerprint density at radius 1 is 1.32 bits per heavy atom. The number of hydrogen-bond donors (Lipinski definition) is 1. The van der Waals surface area contributed by atoms with E-state index < -0.39 is 0 Å². The number of hydrogen-bond acceptors (Lipinski definition) is 4. The maximum Gasteiger partial charge on any atom is 0.259 e. The van der Waals surface area contributed by atoms with Crippen molar-refractivity contribution in [3.63, 3.8) is 0 Å². The number of rotatable bonds is 3. The van der Waals surface area contributed by atoms with Gasteiger partial charge in [0, 0.05) is 6.42 Å². The lowest BCUT2D eigenvalue weighted by Crippen LogP contribution is -2.12. The van der Waals surface area contributed by atoms with E-state index in [2.05, 4.69) is 9.97 Å². The number of carbonyl (C=O) groups is 1. The van der Waals surface area contributed by atoms with Crippen molar-refractivity contribution in [1.82, 2.24) is 9.97 Å². The van der Waals surface area contributed by atoms with Crippen LogP contribution in [0.5, 0.6) is 0 Å². The number of H-pyrrole nitrogens is 1. The summed E-state index contributed by atoms with van der Waals surface area (Å²) in [5.74, 6) is 0.126. The van der Waals surface area contributed by atoms with Crippen LogP contribution < -0.4 is 5.56 Å². The normalized spacial score (nSPS) is 11.0. The first-order chi connectivity index (χ1) is 10.5. The van der Waals surface area contributed by atoms with Gasteiger partial charge in [-0.25, -0.2) is 9.37 Å². The minimum absolute atomic E-state index is 0.0695. The van der Waals surface area contributed by atoms with E-state index in [1.165, 1.54) is 30.4 Å². The van der Waals surface area contributed by atoms with Gasteiger partial charge in [0.2, 0.25) is 0 Å². The van der Waals surface area contributed by atoms with Gasteiger partial charge in [-0.15, -0.1) is 11.3 Å². The van der Waals surface area contributed by atoms with Gasteiger partial charge >= 0.3 is 0 Å². The minimum atomic E-state index is -0.305. The van der Waals surface area contributed by atoms with E-state index in [0.29, 0.717) is 32.9 Å². The van der Waals surface area contributed by atoms with Crippen LogP contribution in [-0.2, 0) is 6.42 Å². The molecule has 6 heteroatoms. The molecule has 2 aromatic heterocycles. The number of aromatic nitrogens is 2. The summed E-state index contributed by atoms with van der Waals surface area (Å²) in [5.41, 5.74) is 1.28. The summed E-state index contributed by atoms with van der Waals surface area (Å²) >= 11 is 1.23. The minimum Gasteiger partial charge on any atom is -0.310 e. The van der Waals surface area contributed by atoms with Crippen LogP contribution in [0.15, 0.2) is 29.1 Å². The Morgan fingerprint density at radius 3 is 2.64 bits per heavy atom. The Morgan fingerprint density at radius 2 is 2.00 bits per heavy atom. The molecule has 4 nitrogen and oxygen atoms in total. The molecule has 0 saturated heterocycles. The lowest BCUT2D eigenvalue weighted by atomic mass is 10.1. The number of Topliss-reactive ketones (excluding diaryl/α,β-unsaturated/α-hetero) is 1. The number of fused-ring (bicyclic) bond motifs is 1. The van der Waals surface area contributed by atoms with Crippen molar-refractivity contribution in [3.05, 3.63) is 62.3 Å². The molecular weight excluding hydrogens is 303 g/mol. The lowest BCUT2D eigenvalue weighted by molar-refractivity contribution is 0.102. The monoisotopic (exact) mass is 316 g/mol. The molecule has 0 unspecified atom stereocenters. The van der Waals surface area contributed by atoms with E-state index in [1.54, 1.807) is 19.1 Å². The van der Waals surface area contributed by atoms with E-state index in [-0.39, 0.29) is 17.2 Å². The van der Waals surface area contributed by atoms with Crippen LogP contribution in [0.2, 0.25) is 0 Å². The first kappa shape index (κ1) is 14.6. The molecule has 2 heterocycles. The van der Waals surface area contributed by atoms with Crippen molar-refractivity contribution >= 4 is 27.3 Å². The zero-order chi connectivity index (χ0) is 15.9. The highest BCUT2D eigenvalue weighted by atomic mass is 32.1. The number of carbonyl (C=O) groups excluding carboxylic acids is 1. The van der Waals surface area contributed by atoms with Crippen molar-refractivity contribution in [2.45, 2.75) is 20.3 Å². The number of benzene rings is 1. The van der Waals surface area contributed by atoms with E-state index >= 15 is 0 Å². The highest BCUT2D eigenvalue weighted by Gasteiger charge is 2.16. The Bertz CT molecular complexity index is 926. The maximum absolute atomic E-state index is 12.9. The van der Waals surface area contributed by atoms with Gasteiger partial charge in [-0.2, -0.15) is 0 Å². The Kier molecular flexibility index (Phi) is 3.62. The summed E-state index contributed by atoms with van der Waals surface area (Å²) in [4.78, 5) is 32.1. The van der Waals surface area contributed by atoms with Crippen LogP contribution in [0.25, 0.3) is 10.2 Å². The third kappa shape index (κ3) is 2.57. The quantitative estimate of drug-likeness (QED) is 0.755. The molecule has 0 amide bonds. The fourth-order valence-corrected chi connectivity index (χ4v) is 3.50. The number of nitrogens with zero attached hydrogens (tertiary/aromatic N) is 1. The van der Waals surface area contributed by atoms with Crippen LogP contribution in [0, 0.1) is 12.7 Å². The molecule has 0 aliphatic rings. The number of nitrogens with one attached hydrogen (secondary N) is 1. The van der Waals surface area contributed by atoms with E-state index in [0.717, 1.165) is 5.56 Å². The number of aromatic amines is 1. The van der Waals surface area contributed by atoms with Crippen molar-refractivity contribution in [3.8, 4) is 0 Å². The highest BCUT2D eigenvalue weighted by Crippen LogP contribution is 2.27. The Balaban J connectivity index is 2.07. The first-order valence-electron chi connectivity index (χ1n) is 6.73. The fourth-order valence-electron chi connectivity index (χ4n) is 2.40. The number of halogens is 1. The van der Waals surface area contributed by atoms with Gasteiger partial charge in [0.15, 0.2) is 5.78 Å². The third-order valence-electron chi connectivity index (χ3n) is 3.45. The van der Waals surface area contributed by atoms with Gasteiger partial charge in [0.05, 0.1) is 10.3 Å². The van der Waals surface area contributed by atoms with Gasteiger partial charge in [0.25, 0.3) is 5.56 Å². The number of aryl methyl sites for hydroxylation is 1. The van der Waals surface area contributed by atoms with Crippen molar-refractivity contribution in [2.75, 3.05) is 0 Å². The number of ketones is 1. The molecule has 0 radical (unpaired) electrons. The van der Waals surface area contributed by atoms with E-state index in [4.69, 9.17) is 0 Å². The van der Waals surface area contributed by atoms with E-state index in [1.807, 2.05) is 0 Å². The zero-order valence-corrected chi connectivity index (χ0v) is 12.9. The Labute approximate surface area is 129 Å². The summed E-state index contributed by atoms with van der Waals surface area (Å²) in [6, 6.07) is 6.05. The molecule has 0 aliphatic heterocycles. The predicted octanol–water partition coefficient (Wildman–Crippen LogP) is 3.23. The average molecular weight is 316 g/mol. The zero-order valence-electron chi connectivity index (χ0n) is 12.1. The van der Waals surface area contributed by atoms with Gasteiger partial charge in [-0.05, 0) is 37.1 Å². The Hall–Kier alpha value is -2.34. The molecule has 0 atom stereocenters. The summed E-state index contributed by atoms with van der Waals surface area (Å²) in [6.07, 6.45) is 0.401. The van der Waals surface area contributed by atoms with Gasteiger partial charge in [0.1, 0.15) is 16.5 Å². The molecule has 112 valence electrons. The molecular formula is C16H13FN2O2S. The second-order valence-corrected chi connectivity index (χ2v) is 6.11. The second kappa shape index (κ2) is 5.46. The van der Waals surface area contributed by atoms with Gasteiger partial charge < -0.3 is 4.98 Å². The molecule has 3 rings (SSSR count). The summed E-state index contributed by atoms with van der Waals surface area (Å²) in [5, 5.41) is 0.470. The van der Waals surface area contributed by atoms with Crippen molar-refractivity contribution in [1.29, 1.82) is 0 Å². The number of thiophene rings is 1. The maximum atomic E-state index is 12.9. The molecule has 3 aromatic rings. The van der Waals surface area contributed by atoms with Crippen LogP contribution in [0.3, 0.4) is 0 Å². The highest BCUT2D eigenvalue weighted by molar-refractivity contribution is 7.20. The van der Waals surface area contributed by atoms with Gasteiger partial charge in [-0.1, -0.05) is 12.1 Å². The molecule has 0 saturated carbocycles. The van der Waals surface area contributed by atoms with Crippen LogP contribution in [0.4, 0.5) is 4.39 Å². The lowest BCUT2D eigenvalue weighted by Gasteiger charge is -2.01. The standard InChI is InChI=1S/C16H13FN2O2S/c1-8-13-15(21)18-12(7-10-3-5-11(17)6-4-10)19-16(13)22-14(8)9(2)20/h3-6H,7H2,1-2H3,(H,18,19,21). The molecule has 0 bridgehead atoms. The summed E-state index contributed by atoms with van der Waals surface area (Å²) < 4.78 is 12.9. The predicted molar refractivity (Wildman–Crippen MR) is 84.2 cm³/mol. The van der Waals surface area contributed by atoms with Crippen molar-refractivity contribution < 1.29 is 9.18 Å². The van der Waals surface area contributed by atoms with Crippen LogP contribution in [-0.4, -0.2) is 15.8 Å². The SMILES string of the molecule is CC(=O)c1sc2nc(Cc3ccc(F)cc3)[nH]c(=O)c2c1C. The molecule has 0 fully saturated rings. The molecule has 1 aromatic carbocycles. The molecule has 0 aliphatic carbocycles. The second-order valence-electron chi connectivity index (χ2n) is 5.11. The summed E-state index contributed by atoms with van der Waals surface area (Å²) in [7, 11) is 0.